The quantitative estimate of drug-likeness (QED) is 0.851. The van der Waals surface area contributed by atoms with Gasteiger partial charge in [-0.25, -0.2) is 0 Å². The summed E-state index contributed by atoms with van der Waals surface area (Å²) in [5.74, 6) is 0.0774. The maximum atomic E-state index is 12.2. The predicted octanol–water partition coefficient (Wildman–Crippen LogP) is 2.55. The fraction of sp³-hybridized carbons (Fsp3) is 0.316. The molecule has 0 aliphatic carbocycles. The van der Waals surface area contributed by atoms with Gasteiger partial charge in [0, 0.05) is 31.9 Å². The molecule has 2 aromatic rings. The summed E-state index contributed by atoms with van der Waals surface area (Å²) < 4.78 is 5.54. The third-order valence-corrected chi connectivity index (χ3v) is 4.09. The molecular weight excluding hydrogens is 288 g/mol. The van der Waals surface area contributed by atoms with E-state index in [1.54, 1.807) is 0 Å². The fourth-order valence-corrected chi connectivity index (χ4v) is 2.77. The second-order valence-corrected chi connectivity index (χ2v) is 5.68. The Hall–Kier alpha value is -2.33. The van der Waals surface area contributed by atoms with Gasteiger partial charge in [0.15, 0.2) is 0 Å². The summed E-state index contributed by atoms with van der Waals surface area (Å²) in [6.45, 7) is 3.88. The number of hydrogen-bond acceptors (Lipinski definition) is 3. The molecule has 1 aliphatic heterocycles. The zero-order chi connectivity index (χ0) is 15.9. The van der Waals surface area contributed by atoms with Crippen molar-refractivity contribution in [2.24, 2.45) is 0 Å². The monoisotopic (exact) mass is 310 g/mol. The van der Waals surface area contributed by atoms with Crippen molar-refractivity contribution in [1.29, 1.82) is 0 Å². The molecule has 4 nitrogen and oxygen atoms in total. The molecule has 4 heteroatoms. The summed E-state index contributed by atoms with van der Waals surface area (Å²) in [5, 5.41) is 0. The predicted molar refractivity (Wildman–Crippen MR) is 91.3 cm³/mol. The molecule has 1 aliphatic rings. The number of benzene rings is 2. The summed E-state index contributed by atoms with van der Waals surface area (Å²) in [6, 6.07) is 20.3. The van der Waals surface area contributed by atoms with Crippen LogP contribution in [-0.4, -0.2) is 43.6 Å². The van der Waals surface area contributed by atoms with E-state index in [0.29, 0.717) is 6.61 Å². The van der Waals surface area contributed by atoms with Gasteiger partial charge < -0.3 is 14.5 Å². The molecule has 0 N–H and O–H groups in total. The van der Waals surface area contributed by atoms with Crippen molar-refractivity contribution in [1.82, 2.24) is 4.90 Å². The van der Waals surface area contributed by atoms with Gasteiger partial charge >= 0.3 is 0 Å². The van der Waals surface area contributed by atoms with Crippen LogP contribution >= 0.6 is 0 Å². The van der Waals surface area contributed by atoms with Crippen LogP contribution in [0, 0.1) is 0 Å². The highest BCUT2D eigenvalue weighted by Gasteiger charge is 2.21. The third kappa shape index (κ3) is 4.33. The first-order valence-corrected chi connectivity index (χ1v) is 8.02. The highest BCUT2D eigenvalue weighted by Crippen LogP contribution is 2.15. The molecule has 0 aromatic heterocycles. The van der Waals surface area contributed by atoms with Crippen molar-refractivity contribution in [3.8, 4) is 0 Å². The Morgan fingerprint density at radius 2 is 1.48 bits per heavy atom. The lowest BCUT2D eigenvalue weighted by Crippen LogP contribution is -2.49. The number of carbonyl (C=O) groups excluding carboxylic acids is 1. The van der Waals surface area contributed by atoms with Crippen LogP contribution in [0.3, 0.4) is 0 Å². The lowest BCUT2D eigenvalue weighted by molar-refractivity contribution is -0.136. The number of para-hydroxylation sites is 1. The minimum atomic E-state index is 0.0774. The van der Waals surface area contributed by atoms with Crippen LogP contribution in [-0.2, 0) is 16.1 Å². The van der Waals surface area contributed by atoms with E-state index in [9.17, 15) is 4.79 Å². The molecule has 0 bridgehead atoms. The minimum Gasteiger partial charge on any atom is -0.368 e. The molecule has 1 amide bonds. The largest absolute Gasteiger partial charge is 0.368 e. The van der Waals surface area contributed by atoms with Gasteiger partial charge in [-0.1, -0.05) is 48.5 Å². The van der Waals surface area contributed by atoms with Crippen LogP contribution in [0.2, 0.25) is 0 Å². The SMILES string of the molecule is O=C(COCc1ccccc1)N1CCN(c2ccccc2)CC1. The Morgan fingerprint density at radius 3 is 2.13 bits per heavy atom. The number of carbonyl (C=O) groups is 1. The van der Waals surface area contributed by atoms with E-state index in [1.165, 1.54) is 5.69 Å². The highest BCUT2D eigenvalue weighted by atomic mass is 16.5. The van der Waals surface area contributed by atoms with Crippen molar-refractivity contribution < 1.29 is 9.53 Å². The summed E-state index contributed by atoms with van der Waals surface area (Å²) >= 11 is 0. The van der Waals surface area contributed by atoms with Gasteiger partial charge in [0.2, 0.25) is 5.91 Å². The van der Waals surface area contributed by atoms with Gasteiger partial charge in [-0.2, -0.15) is 0 Å². The van der Waals surface area contributed by atoms with Crippen molar-refractivity contribution >= 4 is 11.6 Å². The number of anilines is 1. The van der Waals surface area contributed by atoms with Crippen LogP contribution in [0.5, 0.6) is 0 Å². The van der Waals surface area contributed by atoms with E-state index in [0.717, 1.165) is 31.7 Å². The van der Waals surface area contributed by atoms with Gasteiger partial charge in [-0.3, -0.25) is 4.79 Å². The first kappa shape index (κ1) is 15.6. The van der Waals surface area contributed by atoms with Gasteiger partial charge in [-0.15, -0.1) is 0 Å². The lowest BCUT2D eigenvalue weighted by atomic mass is 10.2. The molecule has 0 saturated carbocycles. The molecule has 0 radical (unpaired) electrons. The molecule has 1 fully saturated rings. The molecule has 23 heavy (non-hydrogen) atoms. The van der Waals surface area contributed by atoms with Crippen LogP contribution in [0.15, 0.2) is 60.7 Å². The number of amides is 1. The summed E-state index contributed by atoms with van der Waals surface area (Å²) in [4.78, 5) is 16.4. The molecule has 120 valence electrons. The second-order valence-electron chi connectivity index (χ2n) is 5.68. The second kappa shape index (κ2) is 7.79. The zero-order valence-corrected chi connectivity index (χ0v) is 13.2. The number of nitrogens with zero attached hydrogens (tertiary/aromatic N) is 2. The normalized spacial score (nSPS) is 14.8. The van der Waals surface area contributed by atoms with Gasteiger partial charge in [0.05, 0.1) is 6.61 Å². The van der Waals surface area contributed by atoms with Crippen LogP contribution < -0.4 is 4.90 Å². The highest BCUT2D eigenvalue weighted by molar-refractivity contribution is 5.77. The van der Waals surface area contributed by atoms with E-state index >= 15 is 0 Å². The summed E-state index contributed by atoms with van der Waals surface area (Å²) in [7, 11) is 0. The van der Waals surface area contributed by atoms with E-state index < -0.39 is 0 Å². The number of rotatable bonds is 5. The Kier molecular flexibility index (Phi) is 5.27. The van der Waals surface area contributed by atoms with Crippen LogP contribution in [0.25, 0.3) is 0 Å². The molecule has 1 heterocycles. The van der Waals surface area contributed by atoms with Crippen LogP contribution in [0.4, 0.5) is 5.69 Å². The van der Waals surface area contributed by atoms with Gasteiger partial charge in [-0.05, 0) is 17.7 Å². The zero-order valence-electron chi connectivity index (χ0n) is 13.2. The molecule has 1 saturated heterocycles. The Balaban J connectivity index is 1.41. The van der Waals surface area contributed by atoms with Crippen molar-refractivity contribution in [2.45, 2.75) is 6.61 Å². The summed E-state index contributed by atoms with van der Waals surface area (Å²) in [6.07, 6.45) is 0. The molecular formula is C19H22N2O2. The van der Waals surface area contributed by atoms with Crippen molar-refractivity contribution in [3.05, 3.63) is 66.2 Å². The fourth-order valence-electron chi connectivity index (χ4n) is 2.77. The first-order chi connectivity index (χ1) is 11.3. The Labute approximate surface area is 137 Å². The third-order valence-electron chi connectivity index (χ3n) is 4.09. The topological polar surface area (TPSA) is 32.8 Å². The standard InChI is InChI=1S/C19H22N2O2/c22-19(16-23-15-17-7-3-1-4-8-17)21-13-11-20(12-14-21)18-9-5-2-6-10-18/h1-10H,11-16H2. The first-order valence-electron chi connectivity index (χ1n) is 8.02. The average molecular weight is 310 g/mol. The maximum absolute atomic E-state index is 12.2. The number of piperazine rings is 1. The van der Waals surface area contributed by atoms with Gasteiger partial charge in [0.1, 0.15) is 6.61 Å². The van der Waals surface area contributed by atoms with E-state index in [2.05, 4.69) is 17.0 Å². The molecule has 0 unspecified atom stereocenters. The van der Waals surface area contributed by atoms with Gasteiger partial charge in [0.25, 0.3) is 0 Å². The van der Waals surface area contributed by atoms with E-state index in [1.807, 2.05) is 53.4 Å². The number of hydrogen-bond donors (Lipinski definition) is 0. The van der Waals surface area contributed by atoms with Crippen LogP contribution in [0.1, 0.15) is 5.56 Å². The lowest BCUT2D eigenvalue weighted by Gasteiger charge is -2.36. The van der Waals surface area contributed by atoms with E-state index in [-0.39, 0.29) is 12.5 Å². The average Bonchev–Trinajstić information content (AvgIpc) is 2.63. The smallest absolute Gasteiger partial charge is 0.248 e. The van der Waals surface area contributed by atoms with Crippen molar-refractivity contribution in [2.75, 3.05) is 37.7 Å². The maximum Gasteiger partial charge on any atom is 0.248 e. The van der Waals surface area contributed by atoms with E-state index in [4.69, 9.17) is 4.74 Å². The Bertz CT molecular complexity index is 608. The van der Waals surface area contributed by atoms with Crippen molar-refractivity contribution in [3.63, 3.8) is 0 Å². The Morgan fingerprint density at radius 1 is 0.870 bits per heavy atom. The number of ether oxygens (including phenoxy) is 1. The molecule has 3 rings (SSSR count). The molecule has 0 atom stereocenters. The molecule has 0 spiro atoms. The summed E-state index contributed by atoms with van der Waals surface area (Å²) in [5.41, 5.74) is 2.31. The minimum absolute atomic E-state index is 0.0774. The molecule has 2 aromatic carbocycles.